The first kappa shape index (κ1) is 5.34. The number of hydrogen-bond donors (Lipinski definition) is 3. The van der Waals surface area contributed by atoms with Crippen LogP contribution in [0.2, 0.25) is 0 Å². The molecule has 0 rings (SSSR count). The summed E-state index contributed by atoms with van der Waals surface area (Å²) in [6.45, 7) is 0. The van der Waals surface area contributed by atoms with Crippen molar-refractivity contribution in [2.45, 2.75) is 0 Å². The van der Waals surface area contributed by atoms with Gasteiger partial charge in [0, 0.05) is 4.88 Å². The van der Waals surface area contributed by atoms with Gasteiger partial charge in [0.15, 0.2) is 0 Å². The molecule has 0 bridgehead atoms. The highest BCUT2D eigenvalue weighted by Crippen LogP contribution is 2.33. The van der Waals surface area contributed by atoms with E-state index < -0.39 is 7.50 Å². The Balaban J connectivity index is 2.83. The minimum absolute atomic E-state index is 1.50. The molecule has 30 valence electrons. The van der Waals surface area contributed by atoms with E-state index >= 15 is 0 Å². The summed E-state index contributed by atoms with van der Waals surface area (Å²) in [7, 11) is -1.50. The van der Waals surface area contributed by atoms with Crippen molar-refractivity contribution >= 4 is 19.7 Å². The van der Waals surface area contributed by atoms with Gasteiger partial charge in [0.25, 0.3) is 7.50 Å². The van der Waals surface area contributed by atoms with Gasteiger partial charge in [0.05, 0.1) is 0 Å². The summed E-state index contributed by atoms with van der Waals surface area (Å²) in [5, 5.41) is 0. The van der Waals surface area contributed by atoms with Gasteiger partial charge < -0.3 is 4.89 Å². The van der Waals surface area contributed by atoms with Crippen molar-refractivity contribution in [1.29, 1.82) is 0 Å². The van der Waals surface area contributed by atoms with Crippen molar-refractivity contribution in [2.75, 3.05) is 0 Å². The van der Waals surface area contributed by atoms with Gasteiger partial charge in [-0.25, -0.2) is 0 Å². The highest BCUT2D eigenvalue weighted by molar-refractivity contribution is 8.42. The lowest BCUT2D eigenvalue weighted by molar-refractivity contribution is -0.203. The zero-order chi connectivity index (χ0) is 4.28. The Morgan fingerprint density at radius 1 is 2.00 bits per heavy atom. The maximum Gasteiger partial charge on any atom is 0.284 e. The van der Waals surface area contributed by atoms with E-state index in [9.17, 15) is 0 Å². The van der Waals surface area contributed by atoms with E-state index in [2.05, 4.69) is 22.7 Å². The average molecular weight is 111 g/mol. The predicted octanol–water partition coefficient (Wildman–Crippen LogP) is -0.653. The Bertz CT molecular complexity index is 36.6. The smallest absolute Gasteiger partial charge is 0.284 e. The van der Waals surface area contributed by atoms with Crippen LogP contribution in [-0.2, 0) is 0 Å². The van der Waals surface area contributed by atoms with Gasteiger partial charge in [-0.05, 0) is 0 Å². The molecular weight excluding hydrogens is 107 g/mol. The third kappa shape index (κ3) is 4.34. The lowest BCUT2D eigenvalue weighted by Crippen LogP contribution is -2.21. The quantitative estimate of drug-likeness (QED) is 0.235. The number of nitrogens with two attached hydrogens (primary N) is 1. The van der Waals surface area contributed by atoms with Crippen molar-refractivity contribution in [3.63, 3.8) is 0 Å². The fourth-order valence-corrected chi connectivity index (χ4v) is 0. The third-order valence-corrected chi connectivity index (χ3v) is 0.620. The van der Waals surface area contributed by atoms with Crippen molar-refractivity contribution in [2.24, 2.45) is 4.88 Å². The van der Waals surface area contributed by atoms with Crippen molar-refractivity contribution in [3.05, 3.63) is 0 Å². The molecule has 0 amide bonds. The van der Waals surface area contributed by atoms with Crippen LogP contribution >= 0.6 is 19.7 Å². The molecule has 0 aliphatic heterocycles. The summed E-state index contributed by atoms with van der Waals surface area (Å²) in [6, 6.07) is 0. The Labute approximate surface area is 36.0 Å². The predicted molar refractivity (Wildman–Crippen MR) is 22.5 cm³/mol. The molecule has 0 saturated carbocycles. The molecule has 3 N–H and O–H groups in total. The van der Waals surface area contributed by atoms with Crippen LogP contribution in [0.1, 0.15) is 0 Å². The molecule has 0 radical (unpaired) electrons. The highest BCUT2D eigenvalue weighted by Gasteiger charge is 1.87. The van der Waals surface area contributed by atoms with Gasteiger partial charge in [-0.3, -0.25) is 0 Å². The molecule has 0 fully saturated rings. The number of hydrogen-bond acceptors (Lipinski definition) is 3. The maximum absolute atomic E-state index is 8.00. The first-order valence-corrected chi connectivity index (χ1v) is 3.26. The maximum atomic E-state index is 8.00. The Hall–Kier alpha value is 0.340. The molecule has 0 aromatic carbocycles. The van der Waals surface area contributed by atoms with Gasteiger partial charge in [-0.1, -0.05) is 12.2 Å². The fourth-order valence-electron chi connectivity index (χ4n) is 0. The van der Waals surface area contributed by atoms with Crippen LogP contribution in [-0.4, -0.2) is 4.89 Å². The SMILES string of the molecule is [NH2+]=NP(O)S. The second kappa shape index (κ2) is 2.57. The van der Waals surface area contributed by atoms with Crippen LogP contribution < -0.4 is 5.53 Å². The van der Waals surface area contributed by atoms with Crippen molar-refractivity contribution in [3.8, 4) is 0 Å². The normalized spacial score (nSPS) is 14.0. The summed E-state index contributed by atoms with van der Waals surface area (Å²) in [4.78, 5) is 10.9. The minimum atomic E-state index is -1.50. The first-order chi connectivity index (χ1) is 2.27. The van der Waals surface area contributed by atoms with Crippen LogP contribution in [0.15, 0.2) is 4.88 Å². The van der Waals surface area contributed by atoms with Crippen molar-refractivity contribution in [1.82, 2.24) is 0 Å². The largest absolute Gasteiger partial charge is 0.342 e. The van der Waals surface area contributed by atoms with Gasteiger partial charge in [-0.15, -0.1) is 0 Å². The number of thiol groups is 1. The standard InChI is InChI=1S/H3N2OPS/c1-2-4(3)5/h1,3,5H/p+1. The topological polar surface area (TPSA) is 58.2 Å². The van der Waals surface area contributed by atoms with E-state index in [1.807, 2.05) is 0 Å². The highest BCUT2D eigenvalue weighted by atomic mass is 32.7. The first-order valence-electron chi connectivity index (χ1n) is 0.858. The Morgan fingerprint density at radius 2 is 2.20 bits per heavy atom. The Morgan fingerprint density at radius 3 is 2.20 bits per heavy atom. The monoisotopic (exact) mass is 111 g/mol. The second-order valence-electron chi connectivity index (χ2n) is 0.384. The van der Waals surface area contributed by atoms with E-state index in [1.54, 1.807) is 0 Å². The van der Waals surface area contributed by atoms with E-state index in [1.165, 1.54) is 0 Å². The summed E-state index contributed by atoms with van der Waals surface area (Å²) in [5.74, 6) is 0. The molecule has 0 saturated heterocycles. The zero-order valence-corrected chi connectivity index (χ0v) is 4.16. The van der Waals surface area contributed by atoms with Gasteiger partial charge in [-0.2, -0.15) is 5.53 Å². The summed E-state index contributed by atoms with van der Waals surface area (Å²) >= 11 is 3.43. The molecule has 3 nitrogen and oxygen atoms in total. The fraction of sp³-hybridized carbons (Fsp3) is 0. The summed E-state index contributed by atoms with van der Waals surface area (Å²) in [6.07, 6.45) is 0. The molecule has 0 spiro atoms. The van der Waals surface area contributed by atoms with Gasteiger partial charge in [0.2, 0.25) is 0 Å². The Kier molecular flexibility index (Phi) is 2.75. The molecular formula is H4N2OPS+. The van der Waals surface area contributed by atoms with Gasteiger partial charge >= 0.3 is 0 Å². The molecule has 0 heterocycles. The third-order valence-electron chi connectivity index (χ3n) is 0.103. The van der Waals surface area contributed by atoms with Gasteiger partial charge in [0.1, 0.15) is 0 Å². The average Bonchev–Trinajstić information content (AvgIpc) is 1.38. The molecule has 1 unspecified atom stereocenters. The van der Waals surface area contributed by atoms with Crippen LogP contribution in [0.5, 0.6) is 0 Å². The van der Waals surface area contributed by atoms with E-state index in [4.69, 9.17) is 4.89 Å². The minimum Gasteiger partial charge on any atom is -0.342 e. The lowest BCUT2D eigenvalue weighted by Gasteiger charge is -1.74. The van der Waals surface area contributed by atoms with E-state index in [0.717, 1.165) is 0 Å². The van der Waals surface area contributed by atoms with E-state index in [0.29, 0.717) is 0 Å². The zero-order valence-electron chi connectivity index (χ0n) is 2.37. The molecule has 1 atom stereocenters. The number of rotatable bonds is 1. The molecule has 5 heavy (non-hydrogen) atoms. The summed E-state index contributed by atoms with van der Waals surface area (Å²) < 4.78 is 0. The van der Waals surface area contributed by atoms with Crippen LogP contribution in [0.25, 0.3) is 0 Å². The molecule has 0 aliphatic rings. The molecule has 0 aromatic rings. The molecule has 5 heteroatoms. The summed E-state index contributed by atoms with van der Waals surface area (Å²) in [5.41, 5.74) is 4.50. The van der Waals surface area contributed by atoms with Crippen LogP contribution in [0, 0.1) is 0 Å². The van der Waals surface area contributed by atoms with E-state index in [-0.39, 0.29) is 0 Å². The lowest BCUT2D eigenvalue weighted by atomic mass is 13.3. The molecule has 0 aliphatic carbocycles. The van der Waals surface area contributed by atoms with Crippen LogP contribution in [0.4, 0.5) is 0 Å². The number of nitrogens with zero attached hydrogens (tertiary/aromatic N) is 1. The second-order valence-corrected chi connectivity index (χ2v) is 2.22. The van der Waals surface area contributed by atoms with Crippen LogP contribution in [0.3, 0.4) is 0 Å². The van der Waals surface area contributed by atoms with Crippen molar-refractivity contribution < 1.29 is 10.4 Å². The molecule has 0 aromatic heterocycles.